The fourth-order valence-electron chi connectivity index (χ4n) is 2.90. The van der Waals surface area contributed by atoms with Crippen LogP contribution in [0.3, 0.4) is 0 Å². The highest BCUT2D eigenvalue weighted by Crippen LogP contribution is 2.14. The number of primary sulfonamides is 1. The maximum Gasteiger partial charge on any atom is 0.264 e. The fraction of sp³-hybridized carbons (Fsp3) is 0.0526. The number of anilines is 1. The highest BCUT2D eigenvalue weighted by Gasteiger charge is 2.14. The molecule has 0 aliphatic rings. The van der Waals surface area contributed by atoms with E-state index in [0.717, 1.165) is 5.69 Å². The predicted octanol–water partition coefficient (Wildman–Crippen LogP) is 0.868. The topological polar surface area (TPSA) is 142 Å². The van der Waals surface area contributed by atoms with E-state index in [1.165, 1.54) is 41.4 Å². The number of aromatic nitrogens is 4. The lowest BCUT2D eigenvalue weighted by Gasteiger charge is -2.08. The molecule has 0 saturated heterocycles. The first-order valence-electron chi connectivity index (χ1n) is 8.74. The molecule has 30 heavy (non-hydrogen) atoms. The van der Waals surface area contributed by atoms with Gasteiger partial charge in [0.2, 0.25) is 15.9 Å². The summed E-state index contributed by atoms with van der Waals surface area (Å²) < 4.78 is 25.3. The fourth-order valence-corrected chi connectivity index (χ4v) is 3.42. The first-order chi connectivity index (χ1) is 14.3. The first kappa shape index (κ1) is 19.5. The molecule has 2 heterocycles. The quantitative estimate of drug-likeness (QED) is 0.487. The molecule has 0 unspecified atom stereocenters. The van der Waals surface area contributed by atoms with E-state index in [1.54, 1.807) is 4.68 Å². The molecule has 0 saturated carbocycles. The lowest BCUT2D eigenvalue weighted by molar-refractivity contribution is -0.116. The zero-order chi connectivity index (χ0) is 21.3. The Morgan fingerprint density at radius 2 is 1.77 bits per heavy atom. The molecule has 152 valence electrons. The molecule has 0 bridgehead atoms. The highest BCUT2D eigenvalue weighted by molar-refractivity contribution is 7.89. The third-order valence-electron chi connectivity index (χ3n) is 4.34. The smallest absolute Gasteiger partial charge is 0.264 e. The summed E-state index contributed by atoms with van der Waals surface area (Å²) in [5.74, 6) is -0.475. The monoisotopic (exact) mass is 424 g/mol. The van der Waals surface area contributed by atoms with Crippen molar-refractivity contribution < 1.29 is 13.2 Å². The molecular weight excluding hydrogens is 408 g/mol. The number of carbonyl (C=O) groups excluding carboxylic acids is 1. The number of para-hydroxylation sites is 1. The summed E-state index contributed by atoms with van der Waals surface area (Å²) in [4.78, 5) is 29.3. The summed E-state index contributed by atoms with van der Waals surface area (Å²) in [6.45, 7) is -0.269. The molecule has 0 spiro atoms. The van der Waals surface area contributed by atoms with Gasteiger partial charge in [0.25, 0.3) is 5.56 Å². The highest BCUT2D eigenvalue weighted by atomic mass is 32.2. The Balaban J connectivity index is 1.55. The van der Waals surface area contributed by atoms with Crippen LogP contribution < -0.4 is 16.0 Å². The number of hydrogen-bond acceptors (Lipinski definition) is 6. The third-order valence-corrected chi connectivity index (χ3v) is 5.27. The first-order valence-corrected chi connectivity index (χ1v) is 10.3. The maximum atomic E-state index is 12.7. The SMILES string of the molecule is NS(=O)(=O)c1ccc(NC(=O)Cn2cnc3c(cnn3-c3ccccc3)c2=O)cc1. The summed E-state index contributed by atoms with van der Waals surface area (Å²) in [7, 11) is -3.82. The summed E-state index contributed by atoms with van der Waals surface area (Å²) in [5.41, 5.74) is 1.12. The third kappa shape index (κ3) is 3.83. The second-order valence-electron chi connectivity index (χ2n) is 6.42. The Bertz CT molecular complexity index is 1390. The molecule has 0 aliphatic heterocycles. The number of nitrogens with two attached hydrogens (primary N) is 1. The molecule has 10 nitrogen and oxygen atoms in total. The van der Waals surface area contributed by atoms with Crippen LogP contribution in [0.25, 0.3) is 16.7 Å². The average Bonchev–Trinajstić information content (AvgIpc) is 3.15. The minimum Gasteiger partial charge on any atom is -0.325 e. The maximum absolute atomic E-state index is 12.7. The van der Waals surface area contributed by atoms with Gasteiger partial charge in [0.1, 0.15) is 18.3 Å². The van der Waals surface area contributed by atoms with E-state index < -0.39 is 21.5 Å². The Morgan fingerprint density at radius 3 is 2.43 bits per heavy atom. The van der Waals surface area contributed by atoms with Gasteiger partial charge < -0.3 is 5.32 Å². The average molecular weight is 424 g/mol. The van der Waals surface area contributed by atoms with Gasteiger partial charge in [-0.3, -0.25) is 14.2 Å². The number of amides is 1. The van der Waals surface area contributed by atoms with E-state index in [9.17, 15) is 18.0 Å². The number of sulfonamides is 1. The molecule has 11 heteroatoms. The lowest BCUT2D eigenvalue weighted by atomic mass is 10.3. The predicted molar refractivity (Wildman–Crippen MR) is 110 cm³/mol. The molecule has 2 aromatic carbocycles. The van der Waals surface area contributed by atoms with E-state index in [2.05, 4.69) is 15.4 Å². The normalized spacial score (nSPS) is 11.5. The zero-order valence-electron chi connectivity index (χ0n) is 15.5. The number of rotatable bonds is 5. The number of benzene rings is 2. The largest absolute Gasteiger partial charge is 0.325 e. The van der Waals surface area contributed by atoms with E-state index in [1.807, 2.05) is 30.3 Å². The van der Waals surface area contributed by atoms with E-state index in [0.29, 0.717) is 11.3 Å². The van der Waals surface area contributed by atoms with Gasteiger partial charge in [0.05, 0.1) is 16.8 Å². The van der Waals surface area contributed by atoms with Crippen molar-refractivity contribution in [3.05, 3.63) is 77.5 Å². The summed E-state index contributed by atoms with van der Waals surface area (Å²) in [5, 5.41) is 12.1. The van der Waals surface area contributed by atoms with Crippen LogP contribution in [0.15, 0.2) is 76.8 Å². The summed E-state index contributed by atoms with van der Waals surface area (Å²) in [6.07, 6.45) is 2.70. The van der Waals surface area contributed by atoms with Crippen LogP contribution >= 0.6 is 0 Å². The Labute approximate surface area is 170 Å². The van der Waals surface area contributed by atoms with Crippen LogP contribution in [-0.2, 0) is 21.4 Å². The number of carbonyl (C=O) groups is 1. The van der Waals surface area contributed by atoms with Gasteiger partial charge >= 0.3 is 0 Å². The van der Waals surface area contributed by atoms with Crippen molar-refractivity contribution in [1.82, 2.24) is 19.3 Å². The zero-order valence-corrected chi connectivity index (χ0v) is 16.3. The molecule has 4 rings (SSSR count). The summed E-state index contributed by atoms with van der Waals surface area (Å²) >= 11 is 0. The molecule has 3 N–H and O–H groups in total. The van der Waals surface area contributed by atoms with Crippen molar-refractivity contribution in [2.24, 2.45) is 5.14 Å². The van der Waals surface area contributed by atoms with Crippen LogP contribution in [0.2, 0.25) is 0 Å². The molecule has 0 radical (unpaired) electrons. The van der Waals surface area contributed by atoms with Gasteiger partial charge in [0.15, 0.2) is 5.65 Å². The Hall–Kier alpha value is -3.83. The Kier molecular flexibility index (Phi) is 4.90. The number of nitrogens with zero attached hydrogens (tertiary/aromatic N) is 4. The van der Waals surface area contributed by atoms with Gasteiger partial charge in [-0.2, -0.15) is 5.10 Å². The molecule has 0 aliphatic carbocycles. The minimum absolute atomic E-state index is 0.0678. The van der Waals surface area contributed by atoms with Gasteiger partial charge in [-0.15, -0.1) is 0 Å². The standard InChI is InChI=1S/C19H16N6O4S/c20-30(28,29)15-8-6-13(7-9-15)23-17(26)11-24-12-21-18-16(19(24)27)10-22-25(18)14-4-2-1-3-5-14/h1-10,12H,11H2,(H,23,26)(H2,20,28,29). The number of hydrogen-bond donors (Lipinski definition) is 2. The van der Waals surface area contributed by atoms with Gasteiger partial charge in [-0.1, -0.05) is 18.2 Å². The van der Waals surface area contributed by atoms with Crippen molar-refractivity contribution >= 4 is 32.7 Å². The van der Waals surface area contributed by atoms with Crippen molar-refractivity contribution in [2.75, 3.05) is 5.32 Å². The van der Waals surface area contributed by atoms with Crippen LogP contribution in [0.5, 0.6) is 0 Å². The van der Waals surface area contributed by atoms with Crippen LogP contribution in [-0.4, -0.2) is 33.7 Å². The lowest BCUT2D eigenvalue weighted by Crippen LogP contribution is -2.27. The van der Waals surface area contributed by atoms with Gasteiger partial charge in [-0.25, -0.2) is 23.2 Å². The summed E-state index contributed by atoms with van der Waals surface area (Å²) in [6, 6.07) is 14.6. The second kappa shape index (κ2) is 7.54. The van der Waals surface area contributed by atoms with Crippen LogP contribution in [0.1, 0.15) is 0 Å². The van der Waals surface area contributed by atoms with Crippen molar-refractivity contribution in [3.8, 4) is 5.69 Å². The van der Waals surface area contributed by atoms with Crippen molar-refractivity contribution in [3.63, 3.8) is 0 Å². The van der Waals surface area contributed by atoms with Gasteiger partial charge in [-0.05, 0) is 36.4 Å². The molecule has 4 aromatic rings. The number of nitrogens with one attached hydrogen (secondary N) is 1. The van der Waals surface area contributed by atoms with Crippen molar-refractivity contribution in [1.29, 1.82) is 0 Å². The molecule has 0 atom stereocenters. The number of fused-ring (bicyclic) bond motifs is 1. The van der Waals surface area contributed by atoms with E-state index in [-0.39, 0.29) is 16.8 Å². The van der Waals surface area contributed by atoms with Crippen LogP contribution in [0, 0.1) is 0 Å². The molecule has 0 fully saturated rings. The molecule has 1 amide bonds. The van der Waals surface area contributed by atoms with E-state index in [4.69, 9.17) is 5.14 Å². The Morgan fingerprint density at radius 1 is 1.07 bits per heavy atom. The van der Waals surface area contributed by atoms with E-state index >= 15 is 0 Å². The van der Waals surface area contributed by atoms with Crippen molar-refractivity contribution in [2.45, 2.75) is 11.4 Å². The second-order valence-corrected chi connectivity index (χ2v) is 7.99. The van der Waals surface area contributed by atoms with Gasteiger partial charge in [0, 0.05) is 5.69 Å². The molecule has 2 aromatic heterocycles. The molecular formula is C19H16N6O4S. The minimum atomic E-state index is -3.82. The van der Waals surface area contributed by atoms with Crippen LogP contribution in [0.4, 0.5) is 5.69 Å².